The van der Waals surface area contributed by atoms with Crippen LogP contribution in [0, 0.1) is 5.92 Å². The number of hydrogen-bond donors (Lipinski definition) is 0. The van der Waals surface area contributed by atoms with Gasteiger partial charge >= 0.3 is 5.97 Å². The maximum Gasteiger partial charge on any atom is 0.306 e. The number of carbonyl (C=O) groups is 1. The van der Waals surface area contributed by atoms with Gasteiger partial charge in [0.2, 0.25) is 0 Å². The second kappa shape index (κ2) is 9.20. The third-order valence-electron chi connectivity index (χ3n) is 4.68. The number of sulfone groups is 1. The van der Waals surface area contributed by atoms with E-state index in [1.165, 1.54) is 0 Å². The van der Waals surface area contributed by atoms with Crippen LogP contribution in [0.4, 0.5) is 0 Å². The summed E-state index contributed by atoms with van der Waals surface area (Å²) in [5, 5.41) is -0.958. The van der Waals surface area contributed by atoms with Crippen LogP contribution in [0.25, 0.3) is 0 Å². The number of allylic oxidation sites excluding steroid dienone is 1. The van der Waals surface area contributed by atoms with Crippen molar-refractivity contribution in [2.75, 3.05) is 6.61 Å². The van der Waals surface area contributed by atoms with Gasteiger partial charge in [-0.25, -0.2) is 8.42 Å². The zero-order valence-electron chi connectivity index (χ0n) is 19.0. The van der Waals surface area contributed by atoms with Gasteiger partial charge in [0.25, 0.3) is 0 Å². The summed E-state index contributed by atoms with van der Waals surface area (Å²) in [5.41, 5.74) is 0.171. The average molecular weight is 439 g/mol. The second-order valence-corrected chi connectivity index (χ2v) is 11.5. The number of carbonyl (C=O) groups excluding carboxylic acids is 1. The molecule has 1 aliphatic heterocycles. The highest BCUT2D eigenvalue weighted by Crippen LogP contribution is 2.35. The summed E-state index contributed by atoms with van der Waals surface area (Å²) in [6.45, 7) is 12.8. The fourth-order valence-corrected chi connectivity index (χ4v) is 5.53. The summed E-state index contributed by atoms with van der Waals surface area (Å²) in [4.78, 5) is 12.9. The van der Waals surface area contributed by atoms with Crippen molar-refractivity contribution in [3.05, 3.63) is 42.0 Å². The van der Waals surface area contributed by atoms with Gasteiger partial charge < -0.3 is 14.2 Å². The maximum atomic E-state index is 13.6. The first kappa shape index (κ1) is 24.6. The van der Waals surface area contributed by atoms with E-state index >= 15 is 0 Å². The molecule has 2 rings (SSSR count). The molecular weight excluding hydrogens is 404 g/mol. The van der Waals surface area contributed by atoms with Crippen molar-refractivity contribution in [3.63, 3.8) is 0 Å². The van der Waals surface area contributed by atoms with E-state index in [0.29, 0.717) is 0 Å². The smallest absolute Gasteiger partial charge is 0.306 e. The second-order valence-electron chi connectivity index (χ2n) is 9.39. The lowest BCUT2D eigenvalue weighted by Crippen LogP contribution is -2.41. The van der Waals surface area contributed by atoms with Gasteiger partial charge in [-0.1, -0.05) is 29.8 Å². The molecule has 0 unspecified atom stereocenters. The fraction of sp³-hybridized carbons (Fsp3) is 0.609. The standard InChI is InChI=1S/C23H34O6S/c1-16(2)13-20(30(25,26)17-11-9-8-10-12-17)18(14-21(24)29-22(3,4)5)19-15-27-23(6,7)28-19/h8-13,18-20H,14-15H2,1-7H3/t18-,19+,20+/m0/s1. The summed E-state index contributed by atoms with van der Waals surface area (Å²) in [6, 6.07) is 8.29. The van der Waals surface area contributed by atoms with Crippen LogP contribution in [0.3, 0.4) is 0 Å². The van der Waals surface area contributed by atoms with Crippen LogP contribution in [0.15, 0.2) is 46.9 Å². The van der Waals surface area contributed by atoms with Crippen molar-refractivity contribution < 1.29 is 27.4 Å². The van der Waals surface area contributed by atoms with Gasteiger partial charge in [-0.2, -0.15) is 0 Å². The van der Waals surface area contributed by atoms with E-state index in [1.807, 2.05) is 13.8 Å². The van der Waals surface area contributed by atoms with Gasteiger partial charge in [0.1, 0.15) is 5.60 Å². The molecule has 0 amide bonds. The number of esters is 1. The molecule has 1 aliphatic rings. The summed E-state index contributed by atoms with van der Waals surface area (Å²) in [7, 11) is -3.78. The van der Waals surface area contributed by atoms with E-state index in [4.69, 9.17) is 14.2 Å². The normalized spacial score (nSPS) is 21.0. The third kappa shape index (κ3) is 6.65. The van der Waals surface area contributed by atoms with Crippen molar-refractivity contribution in [1.29, 1.82) is 0 Å². The molecule has 6 nitrogen and oxygen atoms in total. The minimum atomic E-state index is -3.78. The molecular formula is C23H34O6S. The Bertz CT molecular complexity index is 861. The molecule has 1 aromatic rings. The van der Waals surface area contributed by atoms with Crippen molar-refractivity contribution in [1.82, 2.24) is 0 Å². The summed E-state index contributed by atoms with van der Waals surface area (Å²) in [5.74, 6) is -1.97. The van der Waals surface area contributed by atoms with Crippen LogP contribution >= 0.6 is 0 Å². The maximum absolute atomic E-state index is 13.6. The Balaban J connectivity index is 2.50. The van der Waals surface area contributed by atoms with Crippen molar-refractivity contribution in [3.8, 4) is 0 Å². The molecule has 0 radical (unpaired) electrons. The molecule has 0 spiro atoms. The highest BCUT2D eigenvalue weighted by Gasteiger charge is 2.45. The van der Waals surface area contributed by atoms with E-state index in [2.05, 4.69) is 0 Å². The highest BCUT2D eigenvalue weighted by molar-refractivity contribution is 7.92. The van der Waals surface area contributed by atoms with Crippen LogP contribution in [0.2, 0.25) is 0 Å². The third-order valence-corrected chi connectivity index (χ3v) is 6.81. The molecule has 1 aromatic carbocycles. The summed E-state index contributed by atoms with van der Waals surface area (Å²) < 4.78 is 44.4. The molecule has 1 fully saturated rings. The largest absolute Gasteiger partial charge is 0.460 e. The quantitative estimate of drug-likeness (QED) is 0.467. The van der Waals surface area contributed by atoms with Crippen LogP contribution < -0.4 is 0 Å². The van der Waals surface area contributed by atoms with Gasteiger partial charge in [0, 0.05) is 5.92 Å². The first-order valence-corrected chi connectivity index (χ1v) is 11.7. The molecule has 0 aliphatic carbocycles. The van der Waals surface area contributed by atoms with Gasteiger partial charge in [-0.3, -0.25) is 4.79 Å². The van der Waals surface area contributed by atoms with E-state index in [9.17, 15) is 13.2 Å². The number of rotatable bonds is 7. The lowest BCUT2D eigenvalue weighted by Gasteiger charge is -2.30. The molecule has 1 saturated heterocycles. The molecule has 0 bridgehead atoms. The Labute approximate surface area is 180 Å². The molecule has 1 heterocycles. The van der Waals surface area contributed by atoms with Crippen molar-refractivity contribution in [2.24, 2.45) is 5.92 Å². The fourth-order valence-electron chi connectivity index (χ4n) is 3.50. The first-order chi connectivity index (χ1) is 13.7. The van der Waals surface area contributed by atoms with Gasteiger partial charge in [-0.15, -0.1) is 0 Å². The van der Waals surface area contributed by atoms with E-state index in [0.717, 1.165) is 5.57 Å². The number of benzene rings is 1. The van der Waals surface area contributed by atoms with Gasteiger partial charge in [-0.05, 0) is 60.6 Å². The van der Waals surface area contributed by atoms with E-state index < -0.39 is 44.5 Å². The average Bonchev–Trinajstić information content (AvgIpc) is 2.96. The zero-order chi connectivity index (χ0) is 22.7. The lowest BCUT2D eigenvalue weighted by atomic mass is 9.93. The predicted molar refractivity (Wildman–Crippen MR) is 116 cm³/mol. The number of hydrogen-bond acceptors (Lipinski definition) is 6. The van der Waals surface area contributed by atoms with E-state index in [-0.39, 0.29) is 17.9 Å². The van der Waals surface area contributed by atoms with Gasteiger partial charge in [0.05, 0.1) is 29.3 Å². The SMILES string of the molecule is CC(C)=C[C@H]([C@@H](CC(=O)OC(C)(C)C)[C@H]1COC(C)(C)O1)S(=O)(=O)c1ccccc1. The molecule has 0 saturated carbocycles. The molecule has 30 heavy (non-hydrogen) atoms. The predicted octanol–water partition coefficient (Wildman–Crippen LogP) is 4.29. The Hall–Kier alpha value is -1.70. The van der Waals surface area contributed by atoms with E-state index in [1.54, 1.807) is 71.0 Å². The van der Waals surface area contributed by atoms with Crippen LogP contribution in [0.5, 0.6) is 0 Å². The molecule has 0 N–H and O–H groups in total. The van der Waals surface area contributed by atoms with Crippen molar-refractivity contribution in [2.45, 2.75) is 82.5 Å². The zero-order valence-corrected chi connectivity index (χ0v) is 19.8. The number of ether oxygens (including phenoxy) is 3. The highest BCUT2D eigenvalue weighted by atomic mass is 32.2. The minimum Gasteiger partial charge on any atom is -0.460 e. The summed E-state index contributed by atoms with van der Waals surface area (Å²) >= 11 is 0. The summed E-state index contributed by atoms with van der Waals surface area (Å²) in [6.07, 6.45) is 1.04. The monoisotopic (exact) mass is 438 g/mol. The van der Waals surface area contributed by atoms with Gasteiger partial charge in [0.15, 0.2) is 15.6 Å². The molecule has 3 atom stereocenters. The van der Waals surface area contributed by atoms with Crippen LogP contribution in [-0.2, 0) is 28.8 Å². The van der Waals surface area contributed by atoms with Crippen LogP contribution in [-0.4, -0.2) is 43.7 Å². The molecule has 0 aromatic heterocycles. The molecule has 7 heteroatoms. The Morgan fingerprint density at radius 1 is 1.23 bits per heavy atom. The first-order valence-electron chi connectivity index (χ1n) is 10.2. The topological polar surface area (TPSA) is 78.9 Å². The molecule has 168 valence electrons. The Kier molecular flexibility index (Phi) is 7.54. The Morgan fingerprint density at radius 3 is 2.30 bits per heavy atom. The minimum absolute atomic E-state index is 0.0954. The lowest BCUT2D eigenvalue weighted by molar-refractivity contribution is -0.161. The van der Waals surface area contributed by atoms with Crippen LogP contribution in [0.1, 0.15) is 54.9 Å². The van der Waals surface area contributed by atoms with Crippen molar-refractivity contribution >= 4 is 15.8 Å². The Morgan fingerprint density at radius 2 is 1.83 bits per heavy atom.